The summed E-state index contributed by atoms with van der Waals surface area (Å²) in [6.45, 7) is 5.22. The van der Waals surface area contributed by atoms with Crippen molar-refractivity contribution in [3.8, 4) is 11.5 Å². The highest BCUT2D eigenvalue weighted by Crippen LogP contribution is 2.37. The van der Waals surface area contributed by atoms with E-state index in [1.54, 1.807) is 11.8 Å². The molecule has 2 atom stereocenters. The van der Waals surface area contributed by atoms with Gasteiger partial charge in [-0.25, -0.2) is 27.1 Å². The Hall–Kier alpha value is -2.08. The SMILES string of the molecule is C[C@H]1CN(S(=O)(=O)CCC(=O)N2CCC(C)(O)CC2)CC[C@H]1c1[nH]c(-c2ccc(F)cn2)nc1Cl. The Bertz CT molecular complexity index is 1160. The number of imidazole rings is 1. The number of hydrogen-bond acceptors (Lipinski definition) is 6. The van der Waals surface area contributed by atoms with Crippen LogP contribution in [0.25, 0.3) is 11.5 Å². The molecule has 2 saturated heterocycles. The topological polar surface area (TPSA) is 119 Å². The summed E-state index contributed by atoms with van der Waals surface area (Å²) in [5, 5.41) is 10.3. The third kappa shape index (κ3) is 6.02. The third-order valence-electron chi connectivity index (χ3n) is 7.05. The van der Waals surface area contributed by atoms with Crippen molar-refractivity contribution in [1.29, 1.82) is 0 Å². The van der Waals surface area contributed by atoms with Crippen molar-refractivity contribution in [3.05, 3.63) is 35.0 Å². The van der Waals surface area contributed by atoms with Gasteiger partial charge in [-0.05, 0) is 44.2 Å². The molecule has 2 N–H and O–H groups in total. The number of sulfonamides is 1. The molecule has 0 radical (unpaired) electrons. The zero-order valence-corrected chi connectivity index (χ0v) is 21.4. The van der Waals surface area contributed by atoms with Crippen LogP contribution in [0.15, 0.2) is 18.3 Å². The number of H-pyrrole nitrogens is 1. The summed E-state index contributed by atoms with van der Waals surface area (Å²) >= 11 is 6.39. The number of amides is 1. The highest BCUT2D eigenvalue weighted by atomic mass is 35.5. The van der Waals surface area contributed by atoms with E-state index in [-0.39, 0.29) is 29.9 Å². The van der Waals surface area contributed by atoms with Crippen molar-refractivity contribution in [2.75, 3.05) is 31.9 Å². The minimum atomic E-state index is -3.60. The van der Waals surface area contributed by atoms with E-state index in [1.165, 1.54) is 16.4 Å². The van der Waals surface area contributed by atoms with Crippen molar-refractivity contribution < 1.29 is 22.7 Å². The monoisotopic (exact) mass is 527 g/mol. The fourth-order valence-corrected chi connectivity index (χ4v) is 6.59. The van der Waals surface area contributed by atoms with Crippen LogP contribution < -0.4 is 0 Å². The summed E-state index contributed by atoms with van der Waals surface area (Å²) in [6.07, 6.45) is 2.57. The van der Waals surface area contributed by atoms with E-state index in [1.807, 2.05) is 6.92 Å². The Kier molecular flexibility index (Phi) is 7.51. The molecule has 12 heteroatoms. The first-order chi connectivity index (χ1) is 16.4. The summed E-state index contributed by atoms with van der Waals surface area (Å²) in [6, 6.07) is 2.81. The van der Waals surface area contributed by atoms with E-state index in [2.05, 4.69) is 15.0 Å². The lowest BCUT2D eigenvalue weighted by Crippen LogP contribution is -2.46. The predicted molar refractivity (Wildman–Crippen MR) is 130 cm³/mol. The number of pyridine rings is 1. The number of piperidine rings is 2. The van der Waals surface area contributed by atoms with Crippen molar-refractivity contribution in [2.45, 2.75) is 51.0 Å². The highest BCUT2D eigenvalue weighted by molar-refractivity contribution is 7.89. The molecule has 2 aromatic heterocycles. The van der Waals surface area contributed by atoms with Crippen LogP contribution >= 0.6 is 11.6 Å². The molecule has 1 amide bonds. The van der Waals surface area contributed by atoms with E-state index < -0.39 is 21.4 Å². The molecule has 4 heterocycles. The molecule has 0 bridgehead atoms. The Balaban J connectivity index is 1.35. The molecule has 0 aromatic carbocycles. The molecule has 35 heavy (non-hydrogen) atoms. The lowest BCUT2D eigenvalue weighted by molar-refractivity contribution is -0.134. The van der Waals surface area contributed by atoms with Crippen molar-refractivity contribution >= 4 is 27.5 Å². The number of rotatable bonds is 6. The van der Waals surface area contributed by atoms with Crippen LogP contribution in [0.4, 0.5) is 4.39 Å². The van der Waals surface area contributed by atoms with Gasteiger partial charge in [0.25, 0.3) is 0 Å². The van der Waals surface area contributed by atoms with Gasteiger partial charge in [-0.15, -0.1) is 0 Å². The van der Waals surface area contributed by atoms with Gasteiger partial charge in [-0.2, -0.15) is 0 Å². The molecule has 0 spiro atoms. The van der Waals surface area contributed by atoms with Gasteiger partial charge in [0, 0.05) is 38.5 Å². The smallest absolute Gasteiger partial charge is 0.223 e. The lowest BCUT2D eigenvalue weighted by Gasteiger charge is -2.37. The minimum Gasteiger partial charge on any atom is -0.390 e. The summed E-state index contributed by atoms with van der Waals surface area (Å²) in [5.41, 5.74) is 0.416. The van der Waals surface area contributed by atoms with Crippen molar-refractivity contribution in [2.24, 2.45) is 5.92 Å². The first kappa shape index (κ1) is 26.0. The molecular formula is C23H31ClFN5O4S. The molecule has 4 rings (SSSR count). The maximum absolute atomic E-state index is 13.2. The van der Waals surface area contributed by atoms with Crippen LogP contribution in [0.2, 0.25) is 5.15 Å². The molecule has 2 aliphatic heterocycles. The molecule has 0 saturated carbocycles. The van der Waals surface area contributed by atoms with E-state index in [4.69, 9.17) is 11.6 Å². The van der Waals surface area contributed by atoms with Crippen LogP contribution in [-0.4, -0.2) is 81.1 Å². The van der Waals surface area contributed by atoms with Gasteiger partial charge < -0.3 is 15.0 Å². The molecular weight excluding hydrogens is 497 g/mol. The van der Waals surface area contributed by atoms with Crippen LogP contribution in [0, 0.1) is 11.7 Å². The standard InChI is InChI=1S/C23H31ClFN5O4S/c1-15-14-30(35(33,34)12-6-19(31)29-10-7-23(2,32)8-11-29)9-5-17(15)20-21(24)28-22(27-20)18-4-3-16(25)13-26-18/h3-4,13,15,17,32H,5-12,14H2,1-2H3,(H,27,28)/t15-,17+/m0/s1. The average Bonchev–Trinajstić information content (AvgIpc) is 3.19. The second kappa shape index (κ2) is 10.1. The number of hydrogen-bond donors (Lipinski definition) is 2. The van der Waals surface area contributed by atoms with Gasteiger partial charge in [0.1, 0.15) is 11.5 Å². The van der Waals surface area contributed by atoms with Crippen LogP contribution in [0.1, 0.15) is 51.1 Å². The molecule has 2 fully saturated rings. The average molecular weight is 528 g/mol. The predicted octanol–water partition coefficient (Wildman–Crippen LogP) is 2.78. The molecule has 0 aliphatic carbocycles. The largest absolute Gasteiger partial charge is 0.390 e. The van der Waals surface area contributed by atoms with Gasteiger partial charge in [0.15, 0.2) is 11.0 Å². The number of nitrogens with zero attached hydrogens (tertiary/aromatic N) is 4. The summed E-state index contributed by atoms with van der Waals surface area (Å²) in [5.74, 6) is -0.506. The molecule has 9 nitrogen and oxygen atoms in total. The molecule has 192 valence electrons. The van der Waals surface area contributed by atoms with Crippen LogP contribution in [0.5, 0.6) is 0 Å². The number of carbonyl (C=O) groups excluding carboxylic acids is 1. The fraction of sp³-hybridized carbons (Fsp3) is 0.609. The van der Waals surface area contributed by atoms with Crippen LogP contribution in [0.3, 0.4) is 0 Å². The summed E-state index contributed by atoms with van der Waals surface area (Å²) < 4.78 is 40.6. The Morgan fingerprint density at radius 1 is 1.31 bits per heavy atom. The third-order valence-corrected chi connectivity index (χ3v) is 9.18. The number of halogens is 2. The Morgan fingerprint density at radius 3 is 2.66 bits per heavy atom. The highest BCUT2D eigenvalue weighted by Gasteiger charge is 2.36. The molecule has 2 aliphatic rings. The number of aliphatic hydroxyl groups is 1. The fourth-order valence-electron chi connectivity index (χ4n) is 4.78. The lowest BCUT2D eigenvalue weighted by atomic mass is 9.86. The van der Waals surface area contributed by atoms with Crippen molar-refractivity contribution in [3.63, 3.8) is 0 Å². The maximum Gasteiger partial charge on any atom is 0.223 e. The second-order valence-electron chi connectivity index (χ2n) is 9.83. The zero-order valence-electron chi connectivity index (χ0n) is 19.9. The Labute approximate surface area is 209 Å². The quantitative estimate of drug-likeness (QED) is 0.596. The molecule has 2 aromatic rings. The van der Waals surface area contributed by atoms with E-state index in [0.717, 1.165) is 6.20 Å². The summed E-state index contributed by atoms with van der Waals surface area (Å²) in [4.78, 5) is 25.7. The molecule has 0 unspecified atom stereocenters. The van der Waals surface area contributed by atoms with Gasteiger partial charge in [0.05, 0.1) is 23.2 Å². The number of carbonyl (C=O) groups is 1. The normalized spacial score (nSPS) is 23.4. The number of aromatic nitrogens is 3. The Morgan fingerprint density at radius 2 is 2.03 bits per heavy atom. The minimum absolute atomic E-state index is 0.0292. The first-order valence-corrected chi connectivity index (χ1v) is 13.8. The van der Waals surface area contributed by atoms with Gasteiger partial charge >= 0.3 is 0 Å². The maximum atomic E-state index is 13.2. The van der Waals surface area contributed by atoms with E-state index >= 15 is 0 Å². The van der Waals surface area contributed by atoms with Gasteiger partial charge in [-0.3, -0.25) is 4.79 Å². The summed E-state index contributed by atoms with van der Waals surface area (Å²) in [7, 11) is -3.60. The zero-order chi connectivity index (χ0) is 25.4. The van der Waals surface area contributed by atoms with E-state index in [0.29, 0.717) is 67.8 Å². The number of aromatic amines is 1. The number of nitrogens with one attached hydrogen (secondary N) is 1. The van der Waals surface area contributed by atoms with Crippen LogP contribution in [-0.2, 0) is 14.8 Å². The van der Waals surface area contributed by atoms with Gasteiger partial charge in [-0.1, -0.05) is 18.5 Å². The van der Waals surface area contributed by atoms with E-state index in [9.17, 15) is 22.7 Å². The van der Waals surface area contributed by atoms with Crippen molar-refractivity contribution in [1.82, 2.24) is 24.2 Å². The second-order valence-corrected chi connectivity index (χ2v) is 12.3. The van der Waals surface area contributed by atoms with Gasteiger partial charge in [0.2, 0.25) is 15.9 Å². The number of likely N-dealkylation sites (tertiary alicyclic amines) is 1. The first-order valence-electron chi connectivity index (χ1n) is 11.8.